The van der Waals surface area contributed by atoms with Gasteiger partial charge in [-0.1, -0.05) is 26.0 Å². The Morgan fingerprint density at radius 2 is 1.90 bits per heavy atom. The number of benzene rings is 1. The molecule has 2 aromatic rings. The van der Waals surface area contributed by atoms with E-state index < -0.39 is 5.82 Å². The maximum absolute atomic E-state index is 14.2. The Hall–Kier alpha value is -1.94. The van der Waals surface area contributed by atoms with Crippen molar-refractivity contribution in [3.05, 3.63) is 53.5 Å². The van der Waals surface area contributed by atoms with Crippen LogP contribution >= 0.6 is 0 Å². The second kappa shape index (κ2) is 7.01. The Morgan fingerprint density at radius 1 is 1.15 bits per heavy atom. The molecular weight excluding hydrogens is 255 g/mol. The Morgan fingerprint density at radius 3 is 2.55 bits per heavy atom. The van der Waals surface area contributed by atoms with E-state index in [2.05, 4.69) is 17.2 Å². The van der Waals surface area contributed by atoms with Crippen LogP contribution in [0.15, 0.2) is 36.5 Å². The molecule has 3 nitrogen and oxygen atoms in total. The second-order valence-electron chi connectivity index (χ2n) is 4.47. The van der Waals surface area contributed by atoms with Gasteiger partial charge in [-0.15, -0.1) is 0 Å². The van der Waals surface area contributed by atoms with E-state index in [0.717, 1.165) is 13.0 Å². The van der Waals surface area contributed by atoms with Gasteiger partial charge in [0.15, 0.2) is 5.82 Å². The summed E-state index contributed by atoms with van der Waals surface area (Å²) in [6, 6.07) is 9.25. The normalized spacial score (nSPS) is 10.6. The predicted octanol–water partition coefficient (Wildman–Crippen LogP) is 3.68. The number of aryl methyl sites for hydroxylation is 1. The fourth-order valence-electron chi connectivity index (χ4n) is 1.83. The lowest BCUT2D eigenvalue weighted by atomic mass is 10.2. The van der Waals surface area contributed by atoms with Gasteiger partial charge in [0.2, 0.25) is 0 Å². The molecule has 0 unspecified atom stereocenters. The SMILES string of the molecule is CCNCc1ccnc(Oc2ccc(CC)cc2)c1F. The van der Waals surface area contributed by atoms with Crippen LogP contribution in [0, 0.1) is 5.82 Å². The molecule has 0 saturated heterocycles. The number of pyridine rings is 1. The molecule has 20 heavy (non-hydrogen) atoms. The molecule has 0 aliphatic rings. The smallest absolute Gasteiger partial charge is 0.256 e. The Balaban J connectivity index is 2.15. The van der Waals surface area contributed by atoms with Crippen molar-refractivity contribution in [1.82, 2.24) is 10.3 Å². The number of aromatic nitrogens is 1. The molecule has 0 aliphatic carbocycles. The lowest BCUT2D eigenvalue weighted by Crippen LogP contribution is -2.13. The monoisotopic (exact) mass is 274 g/mol. The predicted molar refractivity (Wildman–Crippen MR) is 77.5 cm³/mol. The number of nitrogens with one attached hydrogen (secondary N) is 1. The summed E-state index contributed by atoms with van der Waals surface area (Å²) in [5.41, 5.74) is 1.77. The molecule has 1 N–H and O–H groups in total. The number of hydrogen-bond donors (Lipinski definition) is 1. The van der Waals surface area contributed by atoms with E-state index in [1.165, 1.54) is 5.56 Å². The second-order valence-corrected chi connectivity index (χ2v) is 4.47. The average molecular weight is 274 g/mol. The maximum Gasteiger partial charge on any atom is 0.256 e. The summed E-state index contributed by atoms with van der Waals surface area (Å²) in [7, 11) is 0. The van der Waals surface area contributed by atoms with Crippen LogP contribution < -0.4 is 10.1 Å². The van der Waals surface area contributed by atoms with Crippen molar-refractivity contribution in [3.8, 4) is 11.6 Å². The Labute approximate surface area is 118 Å². The molecule has 1 aromatic heterocycles. The van der Waals surface area contributed by atoms with E-state index in [1.807, 2.05) is 31.2 Å². The highest BCUT2D eigenvalue weighted by Crippen LogP contribution is 2.24. The summed E-state index contributed by atoms with van der Waals surface area (Å²) in [6.07, 6.45) is 2.52. The lowest BCUT2D eigenvalue weighted by Gasteiger charge is -2.09. The summed E-state index contributed by atoms with van der Waals surface area (Å²) in [5.74, 6) is 0.201. The molecule has 0 radical (unpaired) electrons. The van der Waals surface area contributed by atoms with Gasteiger partial charge in [-0.25, -0.2) is 9.37 Å². The number of rotatable bonds is 6. The average Bonchev–Trinajstić information content (AvgIpc) is 2.49. The quantitative estimate of drug-likeness (QED) is 0.872. The molecule has 0 saturated carbocycles. The fraction of sp³-hybridized carbons (Fsp3) is 0.312. The van der Waals surface area contributed by atoms with E-state index in [9.17, 15) is 4.39 Å². The molecule has 0 aliphatic heterocycles. The van der Waals surface area contributed by atoms with E-state index in [4.69, 9.17) is 4.74 Å². The van der Waals surface area contributed by atoms with Crippen LogP contribution in [0.25, 0.3) is 0 Å². The molecule has 0 amide bonds. The van der Waals surface area contributed by atoms with Gasteiger partial charge in [0.05, 0.1) is 0 Å². The topological polar surface area (TPSA) is 34.2 Å². The van der Waals surface area contributed by atoms with Crippen LogP contribution in [-0.4, -0.2) is 11.5 Å². The van der Waals surface area contributed by atoms with Gasteiger partial charge in [0, 0.05) is 18.3 Å². The highest BCUT2D eigenvalue weighted by atomic mass is 19.1. The third-order valence-electron chi connectivity index (χ3n) is 3.05. The van der Waals surface area contributed by atoms with E-state index in [1.54, 1.807) is 12.3 Å². The minimum Gasteiger partial charge on any atom is -0.436 e. The standard InChI is InChI=1S/C16H19FN2O/c1-3-12-5-7-14(8-6-12)20-16-15(17)13(9-10-19-16)11-18-4-2/h5-10,18H,3-4,11H2,1-2H3. The molecule has 1 aromatic carbocycles. The number of nitrogens with zero attached hydrogens (tertiary/aromatic N) is 1. The number of halogens is 1. The maximum atomic E-state index is 14.2. The summed E-state index contributed by atoms with van der Waals surface area (Å²) < 4.78 is 19.7. The van der Waals surface area contributed by atoms with Crippen LogP contribution in [0.5, 0.6) is 11.6 Å². The van der Waals surface area contributed by atoms with Gasteiger partial charge in [0.1, 0.15) is 5.75 Å². The van der Waals surface area contributed by atoms with Crippen molar-refractivity contribution in [3.63, 3.8) is 0 Å². The van der Waals surface area contributed by atoms with Crippen LogP contribution in [0.2, 0.25) is 0 Å². The molecule has 0 fully saturated rings. The van der Waals surface area contributed by atoms with Gasteiger partial charge in [0.25, 0.3) is 5.88 Å². The third-order valence-corrected chi connectivity index (χ3v) is 3.05. The molecule has 0 spiro atoms. The largest absolute Gasteiger partial charge is 0.436 e. The zero-order valence-electron chi connectivity index (χ0n) is 11.8. The molecule has 0 bridgehead atoms. The van der Waals surface area contributed by atoms with Crippen LogP contribution in [0.1, 0.15) is 25.0 Å². The van der Waals surface area contributed by atoms with Gasteiger partial charge >= 0.3 is 0 Å². The minimum atomic E-state index is -0.409. The fourth-order valence-corrected chi connectivity index (χ4v) is 1.83. The molecular formula is C16H19FN2O. The summed E-state index contributed by atoms with van der Waals surface area (Å²) in [6.45, 7) is 5.32. The van der Waals surface area contributed by atoms with Gasteiger partial charge in [-0.3, -0.25) is 0 Å². The third kappa shape index (κ3) is 3.54. The van der Waals surface area contributed by atoms with Crippen molar-refractivity contribution in [2.75, 3.05) is 6.54 Å². The highest BCUT2D eigenvalue weighted by molar-refractivity contribution is 5.32. The molecule has 4 heteroatoms. The zero-order chi connectivity index (χ0) is 14.4. The van der Waals surface area contributed by atoms with Crippen molar-refractivity contribution in [1.29, 1.82) is 0 Å². The van der Waals surface area contributed by atoms with Crippen molar-refractivity contribution in [2.24, 2.45) is 0 Å². The Kier molecular flexibility index (Phi) is 5.07. The van der Waals surface area contributed by atoms with E-state index in [0.29, 0.717) is 17.9 Å². The molecule has 106 valence electrons. The summed E-state index contributed by atoms with van der Waals surface area (Å²) >= 11 is 0. The lowest BCUT2D eigenvalue weighted by molar-refractivity contribution is 0.417. The first-order chi connectivity index (χ1) is 9.74. The highest BCUT2D eigenvalue weighted by Gasteiger charge is 2.11. The number of ether oxygens (including phenoxy) is 1. The Bertz CT molecular complexity index is 555. The minimum absolute atomic E-state index is 0.0182. The van der Waals surface area contributed by atoms with Crippen LogP contribution in [0.3, 0.4) is 0 Å². The first-order valence-electron chi connectivity index (χ1n) is 6.85. The zero-order valence-corrected chi connectivity index (χ0v) is 11.8. The van der Waals surface area contributed by atoms with Crippen molar-refractivity contribution in [2.45, 2.75) is 26.8 Å². The van der Waals surface area contributed by atoms with E-state index >= 15 is 0 Å². The van der Waals surface area contributed by atoms with Crippen LogP contribution in [-0.2, 0) is 13.0 Å². The van der Waals surface area contributed by atoms with Gasteiger partial charge in [-0.2, -0.15) is 0 Å². The molecule has 2 rings (SSSR count). The van der Waals surface area contributed by atoms with Crippen molar-refractivity contribution < 1.29 is 9.13 Å². The molecule has 0 atom stereocenters. The van der Waals surface area contributed by atoms with E-state index in [-0.39, 0.29) is 5.88 Å². The van der Waals surface area contributed by atoms with Gasteiger partial charge < -0.3 is 10.1 Å². The molecule has 1 heterocycles. The van der Waals surface area contributed by atoms with Crippen LogP contribution in [0.4, 0.5) is 4.39 Å². The summed E-state index contributed by atoms with van der Waals surface area (Å²) in [5, 5.41) is 3.09. The number of hydrogen-bond acceptors (Lipinski definition) is 3. The first-order valence-corrected chi connectivity index (χ1v) is 6.85. The van der Waals surface area contributed by atoms with Gasteiger partial charge in [-0.05, 0) is 36.7 Å². The first kappa shape index (κ1) is 14.5. The van der Waals surface area contributed by atoms with Crippen molar-refractivity contribution >= 4 is 0 Å². The summed E-state index contributed by atoms with van der Waals surface area (Å²) in [4.78, 5) is 3.96.